The molecular formula is C14H18N4. The highest BCUT2D eigenvalue weighted by Gasteiger charge is 2.02. The van der Waals surface area contributed by atoms with E-state index >= 15 is 0 Å². The maximum atomic E-state index is 5.68. The van der Waals surface area contributed by atoms with Crippen molar-refractivity contribution in [3.05, 3.63) is 42.0 Å². The quantitative estimate of drug-likeness (QED) is 0.772. The topological polar surface area (TPSA) is 77.0 Å². The minimum atomic E-state index is 0.347. The first kappa shape index (κ1) is 12.2. The summed E-state index contributed by atoms with van der Waals surface area (Å²) in [6.07, 6.45) is 0. The summed E-state index contributed by atoms with van der Waals surface area (Å²) >= 11 is 0. The number of aromatic nitrogens is 1. The number of hydrogen-bond acceptors (Lipinski definition) is 4. The number of pyridine rings is 1. The summed E-state index contributed by atoms with van der Waals surface area (Å²) < 4.78 is 0. The third kappa shape index (κ3) is 2.71. The molecular weight excluding hydrogens is 224 g/mol. The Labute approximate surface area is 107 Å². The molecule has 0 unspecified atom stereocenters. The predicted octanol–water partition coefficient (Wildman–Crippen LogP) is 3.11. The number of nitrogens with zero attached hydrogens (tertiary/aromatic N) is 1. The van der Waals surface area contributed by atoms with E-state index in [-0.39, 0.29) is 0 Å². The van der Waals surface area contributed by atoms with Crippen LogP contribution in [0, 0.1) is 0 Å². The zero-order valence-electron chi connectivity index (χ0n) is 10.6. The summed E-state index contributed by atoms with van der Waals surface area (Å²) in [6, 6.07) is 11.8. The lowest BCUT2D eigenvalue weighted by Gasteiger charge is -2.10. The second kappa shape index (κ2) is 4.96. The standard InChI is InChI=1S/C14H18N4/c1-9(2)10-4-3-5-11(8-10)17-13-7-6-12(15)14(16)18-13/h3-9H,15H2,1-2H3,(H3,16,17,18). The molecule has 1 heterocycles. The van der Waals surface area contributed by atoms with Crippen LogP contribution in [0.2, 0.25) is 0 Å². The Hall–Kier alpha value is -2.23. The number of hydrogen-bond donors (Lipinski definition) is 3. The van der Waals surface area contributed by atoms with E-state index in [1.54, 1.807) is 6.07 Å². The van der Waals surface area contributed by atoms with Gasteiger partial charge in [0, 0.05) is 5.69 Å². The molecule has 0 aliphatic carbocycles. The summed E-state index contributed by atoms with van der Waals surface area (Å²) in [4.78, 5) is 4.18. The number of anilines is 4. The summed E-state index contributed by atoms with van der Waals surface area (Å²) in [5.41, 5.74) is 14.1. The maximum Gasteiger partial charge on any atom is 0.149 e. The van der Waals surface area contributed by atoms with E-state index in [4.69, 9.17) is 11.5 Å². The lowest BCUT2D eigenvalue weighted by atomic mass is 10.0. The average molecular weight is 242 g/mol. The van der Waals surface area contributed by atoms with E-state index in [0.717, 1.165) is 5.69 Å². The van der Waals surface area contributed by atoms with Crippen molar-refractivity contribution in [3.63, 3.8) is 0 Å². The summed E-state index contributed by atoms with van der Waals surface area (Å²) in [5.74, 6) is 1.54. The van der Waals surface area contributed by atoms with Crippen LogP contribution in [0.3, 0.4) is 0 Å². The van der Waals surface area contributed by atoms with E-state index in [1.165, 1.54) is 5.56 Å². The molecule has 4 nitrogen and oxygen atoms in total. The third-order valence-corrected chi connectivity index (χ3v) is 2.78. The molecule has 0 fully saturated rings. The predicted molar refractivity (Wildman–Crippen MR) is 76.9 cm³/mol. The summed E-state index contributed by atoms with van der Waals surface area (Å²) in [7, 11) is 0. The minimum absolute atomic E-state index is 0.347. The number of nitrogens with one attached hydrogen (secondary N) is 1. The fourth-order valence-electron chi connectivity index (χ4n) is 1.68. The van der Waals surface area contributed by atoms with Gasteiger partial charge in [0.2, 0.25) is 0 Å². The number of rotatable bonds is 3. The van der Waals surface area contributed by atoms with Crippen molar-refractivity contribution in [2.24, 2.45) is 0 Å². The van der Waals surface area contributed by atoms with Crippen molar-refractivity contribution in [1.82, 2.24) is 4.98 Å². The van der Waals surface area contributed by atoms with Crippen molar-refractivity contribution in [2.45, 2.75) is 19.8 Å². The Kier molecular flexibility index (Phi) is 3.37. The fourth-order valence-corrected chi connectivity index (χ4v) is 1.68. The Balaban J connectivity index is 2.23. The minimum Gasteiger partial charge on any atom is -0.396 e. The van der Waals surface area contributed by atoms with Gasteiger partial charge in [-0.25, -0.2) is 4.98 Å². The molecule has 0 aliphatic heterocycles. The molecule has 0 saturated carbocycles. The molecule has 4 heteroatoms. The molecule has 1 aromatic carbocycles. The monoisotopic (exact) mass is 242 g/mol. The van der Waals surface area contributed by atoms with Gasteiger partial charge in [0.15, 0.2) is 0 Å². The van der Waals surface area contributed by atoms with Gasteiger partial charge in [-0.1, -0.05) is 26.0 Å². The lowest BCUT2D eigenvalue weighted by molar-refractivity contribution is 0.867. The van der Waals surface area contributed by atoms with Gasteiger partial charge in [-0.2, -0.15) is 0 Å². The number of nitrogens with two attached hydrogens (primary N) is 2. The van der Waals surface area contributed by atoms with Crippen LogP contribution in [0.25, 0.3) is 0 Å². The van der Waals surface area contributed by atoms with Crippen LogP contribution in [0.1, 0.15) is 25.3 Å². The van der Waals surface area contributed by atoms with E-state index in [2.05, 4.69) is 36.3 Å². The van der Waals surface area contributed by atoms with E-state index in [0.29, 0.717) is 23.2 Å². The van der Waals surface area contributed by atoms with Crippen LogP contribution in [0.15, 0.2) is 36.4 Å². The Bertz CT molecular complexity index is 549. The van der Waals surface area contributed by atoms with Gasteiger partial charge in [0.25, 0.3) is 0 Å². The smallest absolute Gasteiger partial charge is 0.149 e. The molecule has 94 valence electrons. The molecule has 2 rings (SSSR count). The molecule has 18 heavy (non-hydrogen) atoms. The van der Waals surface area contributed by atoms with Crippen molar-refractivity contribution in [1.29, 1.82) is 0 Å². The first-order valence-corrected chi connectivity index (χ1v) is 5.95. The van der Waals surface area contributed by atoms with Crippen LogP contribution in [-0.4, -0.2) is 4.98 Å². The second-order valence-corrected chi connectivity index (χ2v) is 4.58. The second-order valence-electron chi connectivity index (χ2n) is 4.58. The van der Waals surface area contributed by atoms with Crippen LogP contribution in [-0.2, 0) is 0 Å². The molecule has 2 aromatic rings. The molecule has 1 aromatic heterocycles. The van der Waals surface area contributed by atoms with Gasteiger partial charge in [0.05, 0.1) is 5.69 Å². The first-order chi connectivity index (χ1) is 8.56. The van der Waals surface area contributed by atoms with Gasteiger partial charge in [-0.3, -0.25) is 0 Å². The van der Waals surface area contributed by atoms with E-state index in [1.807, 2.05) is 18.2 Å². The van der Waals surface area contributed by atoms with Gasteiger partial charge in [0.1, 0.15) is 11.6 Å². The Morgan fingerprint density at radius 1 is 1.11 bits per heavy atom. The van der Waals surface area contributed by atoms with Crippen LogP contribution in [0.4, 0.5) is 23.0 Å². The highest BCUT2D eigenvalue weighted by molar-refractivity contribution is 5.65. The number of benzene rings is 1. The van der Waals surface area contributed by atoms with Crippen molar-refractivity contribution >= 4 is 23.0 Å². The molecule has 0 atom stereocenters. The molecule has 0 amide bonds. The van der Waals surface area contributed by atoms with Crippen LogP contribution in [0.5, 0.6) is 0 Å². The van der Waals surface area contributed by atoms with Crippen molar-refractivity contribution < 1.29 is 0 Å². The Morgan fingerprint density at radius 3 is 2.56 bits per heavy atom. The van der Waals surface area contributed by atoms with Gasteiger partial charge in [-0.15, -0.1) is 0 Å². The zero-order chi connectivity index (χ0) is 13.1. The third-order valence-electron chi connectivity index (χ3n) is 2.78. The zero-order valence-corrected chi connectivity index (χ0v) is 10.6. The van der Waals surface area contributed by atoms with Gasteiger partial charge >= 0.3 is 0 Å². The molecule has 0 aliphatic rings. The van der Waals surface area contributed by atoms with Crippen molar-refractivity contribution in [3.8, 4) is 0 Å². The van der Waals surface area contributed by atoms with Crippen LogP contribution >= 0.6 is 0 Å². The first-order valence-electron chi connectivity index (χ1n) is 5.95. The molecule has 5 N–H and O–H groups in total. The fraction of sp³-hybridized carbons (Fsp3) is 0.214. The summed E-state index contributed by atoms with van der Waals surface area (Å²) in [6.45, 7) is 4.33. The van der Waals surface area contributed by atoms with Crippen LogP contribution < -0.4 is 16.8 Å². The normalized spacial score (nSPS) is 10.6. The van der Waals surface area contributed by atoms with E-state index < -0.39 is 0 Å². The summed E-state index contributed by atoms with van der Waals surface area (Å²) in [5, 5.41) is 3.22. The van der Waals surface area contributed by atoms with Crippen molar-refractivity contribution in [2.75, 3.05) is 16.8 Å². The molecule has 0 bridgehead atoms. The molecule has 0 radical (unpaired) electrons. The number of nitrogen functional groups attached to an aromatic ring is 2. The molecule has 0 saturated heterocycles. The lowest BCUT2D eigenvalue weighted by Crippen LogP contribution is -2.01. The highest BCUT2D eigenvalue weighted by Crippen LogP contribution is 2.22. The average Bonchev–Trinajstić information content (AvgIpc) is 2.34. The van der Waals surface area contributed by atoms with Gasteiger partial charge < -0.3 is 16.8 Å². The van der Waals surface area contributed by atoms with E-state index in [9.17, 15) is 0 Å². The molecule has 0 spiro atoms. The Morgan fingerprint density at radius 2 is 1.89 bits per heavy atom. The largest absolute Gasteiger partial charge is 0.396 e. The van der Waals surface area contributed by atoms with Gasteiger partial charge in [-0.05, 0) is 35.7 Å². The SMILES string of the molecule is CC(C)c1cccc(Nc2ccc(N)c(N)n2)c1. The maximum absolute atomic E-state index is 5.68. The highest BCUT2D eigenvalue weighted by atomic mass is 15.0.